The monoisotopic (exact) mass is 309 g/mol. The normalized spacial score (nSPS) is 27.9. The van der Waals surface area contributed by atoms with E-state index < -0.39 is 0 Å². The largest absolute Gasteiger partial charge is 0.423 e. The van der Waals surface area contributed by atoms with Crippen LogP contribution < -0.4 is 5.32 Å². The number of hydrogen-bond donors (Lipinski definition) is 1. The second-order valence-electron chi connectivity index (χ2n) is 7.10. The fourth-order valence-corrected chi connectivity index (χ4v) is 4.06. The highest BCUT2D eigenvalue weighted by atomic mass is 16.4. The van der Waals surface area contributed by atoms with E-state index in [4.69, 9.17) is 4.42 Å². The maximum absolute atomic E-state index is 12.5. The zero-order valence-corrected chi connectivity index (χ0v) is 12.9. The molecule has 2 fully saturated rings. The van der Waals surface area contributed by atoms with E-state index in [0.29, 0.717) is 18.4 Å². The first kappa shape index (κ1) is 13.3. The third-order valence-corrected chi connectivity index (χ3v) is 5.61. The van der Waals surface area contributed by atoms with E-state index in [-0.39, 0.29) is 17.2 Å². The van der Waals surface area contributed by atoms with Crippen LogP contribution in [0.15, 0.2) is 28.7 Å². The van der Waals surface area contributed by atoms with Crippen LogP contribution in [0.5, 0.6) is 0 Å². The Bertz CT molecular complexity index is 780. The van der Waals surface area contributed by atoms with Crippen LogP contribution in [0.4, 0.5) is 0 Å². The summed E-state index contributed by atoms with van der Waals surface area (Å²) in [5, 5.41) is 11.1. The highest BCUT2D eigenvalue weighted by Crippen LogP contribution is 2.61. The van der Waals surface area contributed by atoms with Gasteiger partial charge in [-0.05, 0) is 43.2 Å². The van der Waals surface area contributed by atoms with Gasteiger partial charge in [-0.3, -0.25) is 4.79 Å². The summed E-state index contributed by atoms with van der Waals surface area (Å²) in [6.07, 6.45) is 5.42. The minimum absolute atomic E-state index is 0.0920. The third kappa shape index (κ3) is 2.10. The molecule has 1 aromatic heterocycles. The molecular weight excluding hydrogens is 290 g/mol. The molecule has 0 bridgehead atoms. The lowest BCUT2D eigenvalue weighted by atomic mass is 9.95. The number of benzene rings is 1. The van der Waals surface area contributed by atoms with Crippen molar-refractivity contribution in [1.82, 2.24) is 15.5 Å². The van der Waals surface area contributed by atoms with Crippen molar-refractivity contribution >= 4 is 5.91 Å². The summed E-state index contributed by atoms with van der Waals surface area (Å²) in [7, 11) is 0. The SMILES string of the molecule is O=C(NCc1nnc(C2CC2)o1)[C@H]1C[C@@]12CCc1ccccc12. The van der Waals surface area contributed by atoms with E-state index in [1.54, 1.807) is 0 Å². The fraction of sp³-hybridized carbons (Fsp3) is 0.500. The van der Waals surface area contributed by atoms with Crippen molar-refractivity contribution in [2.24, 2.45) is 5.92 Å². The molecule has 5 heteroatoms. The summed E-state index contributed by atoms with van der Waals surface area (Å²) >= 11 is 0. The Balaban J connectivity index is 1.24. The van der Waals surface area contributed by atoms with Gasteiger partial charge in [0.25, 0.3) is 0 Å². The van der Waals surface area contributed by atoms with Crippen LogP contribution >= 0.6 is 0 Å². The highest BCUT2D eigenvalue weighted by molar-refractivity contribution is 5.84. The molecule has 3 aliphatic carbocycles. The molecular formula is C18H19N3O2. The quantitative estimate of drug-likeness (QED) is 0.942. The van der Waals surface area contributed by atoms with Crippen LogP contribution in [0.2, 0.25) is 0 Å². The van der Waals surface area contributed by atoms with Gasteiger partial charge in [0, 0.05) is 17.3 Å². The van der Waals surface area contributed by atoms with Crippen LogP contribution in [0.3, 0.4) is 0 Å². The summed E-state index contributed by atoms with van der Waals surface area (Å²) < 4.78 is 5.59. The van der Waals surface area contributed by atoms with E-state index in [2.05, 4.69) is 39.8 Å². The van der Waals surface area contributed by atoms with Crippen LogP contribution in [0.1, 0.15) is 54.5 Å². The Morgan fingerprint density at radius 2 is 2.17 bits per heavy atom. The number of fused-ring (bicyclic) bond motifs is 2. The zero-order valence-electron chi connectivity index (χ0n) is 12.9. The molecule has 3 aliphatic rings. The highest BCUT2D eigenvalue weighted by Gasteiger charge is 2.61. The van der Waals surface area contributed by atoms with Gasteiger partial charge in [0.2, 0.25) is 17.7 Å². The summed E-state index contributed by atoms with van der Waals surface area (Å²) in [5.41, 5.74) is 2.89. The van der Waals surface area contributed by atoms with E-state index >= 15 is 0 Å². The molecule has 1 heterocycles. The molecule has 1 aromatic carbocycles. The topological polar surface area (TPSA) is 68.0 Å². The summed E-state index contributed by atoms with van der Waals surface area (Å²) in [4.78, 5) is 12.5. The molecule has 0 unspecified atom stereocenters. The maximum atomic E-state index is 12.5. The van der Waals surface area contributed by atoms with Crippen molar-refractivity contribution in [1.29, 1.82) is 0 Å². The second-order valence-corrected chi connectivity index (χ2v) is 7.10. The summed E-state index contributed by atoms with van der Waals surface area (Å²) in [6.45, 7) is 0.340. The molecule has 1 N–H and O–H groups in total. The molecule has 118 valence electrons. The molecule has 0 aliphatic heterocycles. The zero-order chi connectivity index (χ0) is 15.4. The average molecular weight is 309 g/mol. The molecule has 5 nitrogen and oxygen atoms in total. The lowest BCUT2D eigenvalue weighted by Gasteiger charge is -2.11. The number of carbonyl (C=O) groups is 1. The predicted molar refractivity (Wildman–Crippen MR) is 82.7 cm³/mol. The minimum Gasteiger partial charge on any atom is -0.423 e. The Morgan fingerprint density at radius 3 is 3.04 bits per heavy atom. The first-order valence-corrected chi connectivity index (χ1v) is 8.45. The van der Waals surface area contributed by atoms with E-state index in [1.807, 2.05) is 0 Å². The number of aryl methyl sites for hydroxylation is 1. The van der Waals surface area contributed by atoms with Gasteiger partial charge in [0.05, 0.1) is 6.54 Å². The molecule has 2 atom stereocenters. The van der Waals surface area contributed by atoms with Crippen molar-refractivity contribution in [3.8, 4) is 0 Å². The Kier molecular flexibility index (Phi) is 2.69. The van der Waals surface area contributed by atoms with Crippen molar-refractivity contribution < 1.29 is 9.21 Å². The number of carbonyl (C=O) groups excluding carboxylic acids is 1. The van der Waals surface area contributed by atoms with Gasteiger partial charge < -0.3 is 9.73 Å². The van der Waals surface area contributed by atoms with Gasteiger partial charge in [-0.2, -0.15) is 0 Å². The van der Waals surface area contributed by atoms with Gasteiger partial charge in [-0.1, -0.05) is 24.3 Å². The molecule has 1 amide bonds. The van der Waals surface area contributed by atoms with Gasteiger partial charge >= 0.3 is 0 Å². The fourth-order valence-electron chi connectivity index (χ4n) is 4.06. The number of nitrogens with zero attached hydrogens (tertiary/aromatic N) is 2. The van der Waals surface area contributed by atoms with Crippen LogP contribution in [-0.4, -0.2) is 16.1 Å². The van der Waals surface area contributed by atoms with Crippen molar-refractivity contribution in [3.63, 3.8) is 0 Å². The Labute approximate surface area is 134 Å². The van der Waals surface area contributed by atoms with E-state index in [0.717, 1.165) is 38.0 Å². The lowest BCUT2D eigenvalue weighted by Crippen LogP contribution is -2.27. The molecule has 1 spiro atoms. The second kappa shape index (κ2) is 4.66. The van der Waals surface area contributed by atoms with Crippen LogP contribution in [-0.2, 0) is 23.2 Å². The summed E-state index contributed by atoms with van der Waals surface area (Å²) in [5.74, 6) is 1.90. The first-order valence-electron chi connectivity index (χ1n) is 8.45. The van der Waals surface area contributed by atoms with Crippen molar-refractivity contribution in [2.75, 3.05) is 0 Å². The maximum Gasteiger partial charge on any atom is 0.235 e. The van der Waals surface area contributed by atoms with Crippen molar-refractivity contribution in [3.05, 3.63) is 47.2 Å². The molecule has 2 saturated carbocycles. The van der Waals surface area contributed by atoms with E-state index in [1.165, 1.54) is 11.1 Å². The number of nitrogens with one attached hydrogen (secondary N) is 1. The number of hydrogen-bond acceptors (Lipinski definition) is 4. The number of rotatable bonds is 4. The predicted octanol–water partition coefficient (Wildman–Crippen LogP) is 2.47. The summed E-state index contributed by atoms with van der Waals surface area (Å²) in [6, 6.07) is 8.55. The first-order chi connectivity index (χ1) is 11.3. The Morgan fingerprint density at radius 1 is 1.30 bits per heavy atom. The van der Waals surface area contributed by atoms with Crippen LogP contribution in [0.25, 0.3) is 0 Å². The minimum atomic E-state index is 0.0920. The molecule has 2 aromatic rings. The molecule has 23 heavy (non-hydrogen) atoms. The Hall–Kier alpha value is -2.17. The van der Waals surface area contributed by atoms with Gasteiger partial charge in [0.15, 0.2) is 0 Å². The standard InChI is InChI=1S/C18H19N3O2/c22-16(19-10-15-20-21-17(23-15)12-5-6-12)14-9-18(14)8-7-11-3-1-2-4-13(11)18/h1-4,12,14H,5-10H2,(H,19,22)/t14-,18-/m1/s1. The smallest absolute Gasteiger partial charge is 0.235 e. The third-order valence-electron chi connectivity index (χ3n) is 5.61. The number of aromatic nitrogens is 2. The molecule has 5 rings (SSSR count). The van der Waals surface area contributed by atoms with E-state index in [9.17, 15) is 4.79 Å². The van der Waals surface area contributed by atoms with Gasteiger partial charge in [0.1, 0.15) is 0 Å². The average Bonchev–Trinajstić information content (AvgIpc) is 3.46. The van der Waals surface area contributed by atoms with Gasteiger partial charge in [-0.15, -0.1) is 10.2 Å². The van der Waals surface area contributed by atoms with Gasteiger partial charge in [-0.25, -0.2) is 0 Å². The lowest BCUT2D eigenvalue weighted by molar-refractivity contribution is -0.123. The number of amides is 1. The van der Waals surface area contributed by atoms with Crippen LogP contribution in [0, 0.1) is 5.92 Å². The molecule has 0 saturated heterocycles. The van der Waals surface area contributed by atoms with Crippen molar-refractivity contribution in [2.45, 2.75) is 50.0 Å². The molecule has 0 radical (unpaired) electrons.